The number of nitrogens with zero attached hydrogens (tertiary/aromatic N) is 1. The van der Waals surface area contributed by atoms with Gasteiger partial charge in [0.2, 0.25) is 9.84 Å². The zero-order chi connectivity index (χ0) is 19.6. The summed E-state index contributed by atoms with van der Waals surface area (Å²) in [7, 11) is -4.71. The van der Waals surface area contributed by atoms with Gasteiger partial charge in [0.25, 0.3) is 5.91 Å². The average molecular weight is 412 g/mol. The Morgan fingerprint density at radius 3 is 2.26 bits per heavy atom. The van der Waals surface area contributed by atoms with Crippen molar-refractivity contribution in [1.82, 2.24) is 4.98 Å². The molecule has 10 heteroatoms. The molecule has 1 amide bonds. The highest BCUT2D eigenvalue weighted by atomic mass is 32.2. The van der Waals surface area contributed by atoms with Crippen LogP contribution >= 0.6 is 11.3 Å². The van der Waals surface area contributed by atoms with Crippen molar-refractivity contribution in [2.75, 3.05) is 5.32 Å². The molecule has 5 nitrogen and oxygen atoms in total. The highest BCUT2D eigenvalue weighted by Gasteiger charge is 2.26. The molecule has 0 atom stereocenters. The van der Waals surface area contributed by atoms with Gasteiger partial charge in [-0.3, -0.25) is 10.1 Å². The number of amides is 1. The SMILES string of the molecule is O=C(Nc1nc(-c2ccc(F)cc2)cs1)c1ccc(S(=O)(=O)C(F)F)cc1. The van der Waals surface area contributed by atoms with Crippen LogP contribution in [0.15, 0.2) is 58.8 Å². The van der Waals surface area contributed by atoms with E-state index < -0.39 is 26.4 Å². The molecule has 1 N–H and O–H groups in total. The van der Waals surface area contributed by atoms with E-state index in [1.54, 1.807) is 17.5 Å². The number of sulfone groups is 1. The summed E-state index contributed by atoms with van der Waals surface area (Å²) < 4.78 is 60.7. The predicted molar refractivity (Wildman–Crippen MR) is 95.1 cm³/mol. The molecular formula is C17H11F3N2O3S2. The number of alkyl halides is 2. The first-order valence-electron chi connectivity index (χ1n) is 7.42. The minimum Gasteiger partial charge on any atom is -0.298 e. The lowest BCUT2D eigenvalue weighted by atomic mass is 10.2. The van der Waals surface area contributed by atoms with Crippen molar-refractivity contribution in [1.29, 1.82) is 0 Å². The molecule has 140 valence electrons. The van der Waals surface area contributed by atoms with Crippen LogP contribution in [0.25, 0.3) is 11.3 Å². The van der Waals surface area contributed by atoms with Crippen LogP contribution in [0.1, 0.15) is 10.4 Å². The van der Waals surface area contributed by atoms with E-state index in [2.05, 4.69) is 10.3 Å². The van der Waals surface area contributed by atoms with Crippen LogP contribution in [0.5, 0.6) is 0 Å². The van der Waals surface area contributed by atoms with Gasteiger partial charge >= 0.3 is 5.76 Å². The topological polar surface area (TPSA) is 76.1 Å². The third-order valence-electron chi connectivity index (χ3n) is 3.54. The quantitative estimate of drug-likeness (QED) is 0.682. The third kappa shape index (κ3) is 4.17. The van der Waals surface area contributed by atoms with E-state index in [4.69, 9.17) is 0 Å². The summed E-state index contributed by atoms with van der Waals surface area (Å²) in [5.74, 6) is -4.48. The number of aromatic nitrogens is 1. The van der Waals surface area contributed by atoms with Gasteiger partial charge < -0.3 is 0 Å². The maximum Gasteiger partial charge on any atom is 0.341 e. The summed E-state index contributed by atoms with van der Waals surface area (Å²) >= 11 is 1.15. The number of hydrogen-bond acceptors (Lipinski definition) is 5. The predicted octanol–water partition coefficient (Wildman–Crippen LogP) is 4.20. The van der Waals surface area contributed by atoms with Crippen LogP contribution in [0.4, 0.5) is 18.3 Å². The summed E-state index contributed by atoms with van der Waals surface area (Å²) in [6, 6.07) is 9.86. The maximum absolute atomic E-state index is 13.0. The molecule has 1 aromatic heterocycles. The van der Waals surface area contributed by atoms with Gasteiger partial charge in [0.15, 0.2) is 5.13 Å². The van der Waals surface area contributed by atoms with E-state index in [9.17, 15) is 26.4 Å². The first-order valence-corrected chi connectivity index (χ1v) is 9.85. The molecule has 0 bridgehead atoms. The van der Waals surface area contributed by atoms with Crippen molar-refractivity contribution in [3.63, 3.8) is 0 Å². The van der Waals surface area contributed by atoms with Crippen LogP contribution in [0.3, 0.4) is 0 Å². The van der Waals surface area contributed by atoms with E-state index in [-0.39, 0.29) is 16.5 Å². The van der Waals surface area contributed by atoms with Crippen molar-refractivity contribution in [2.24, 2.45) is 0 Å². The van der Waals surface area contributed by atoms with Crippen LogP contribution in [-0.4, -0.2) is 25.1 Å². The van der Waals surface area contributed by atoms with Gasteiger partial charge in [-0.25, -0.2) is 17.8 Å². The highest BCUT2D eigenvalue weighted by Crippen LogP contribution is 2.25. The molecular weight excluding hydrogens is 401 g/mol. The van der Waals surface area contributed by atoms with Gasteiger partial charge in [0, 0.05) is 16.5 Å². The first kappa shape index (κ1) is 19.1. The number of hydrogen-bond donors (Lipinski definition) is 1. The molecule has 0 saturated heterocycles. The lowest BCUT2D eigenvalue weighted by molar-refractivity contribution is 0.102. The molecule has 2 aromatic carbocycles. The highest BCUT2D eigenvalue weighted by molar-refractivity contribution is 7.91. The molecule has 0 aliphatic carbocycles. The van der Waals surface area contributed by atoms with Gasteiger partial charge in [-0.05, 0) is 48.5 Å². The van der Waals surface area contributed by atoms with Gasteiger partial charge in [0.1, 0.15) is 5.82 Å². The summed E-state index contributed by atoms with van der Waals surface area (Å²) in [6.07, 6.45) is 0. The number of carbonyl (C=O) groups is 1. The average Bonchev–Trinajstić information content (AvgIpc) is 3.10. The fraction of sp³-hybridized carbons (Fsp3) is 0.0588. The number of anilines is 1. The molecule has 3 rings (SSSR count). The molecule has 0 fully saturated rings. The van der Waals surface area contributed by atoms with E-state index in [1.165, 1.54) is 12.1 Å². The number of rotatable bonds is 5. The van der Waals surface area contributed by atoms with Crippen LogP contribution < -0.4 is 5.32 Å². The minimum absolute atomic E-state index is 0.0850. The molecule has 0 aliphatic rings. The number of thiazole rings is 1. The zero-order valence-electron chi connectivity index (χ0n) is 13.4. The lowest BCUT2D eigenvalue weighted by Gasteiger charge is -2.05. The van der Waals surface area contributed by atoms with E-state index in [0.29, 0.717) is 11.3 Å². The lowest BCUT2D eigenvalue weighted by Crippen LogP contribution is -2.14. The normalized spacial score (nSPS) is 11.6. The second-order valence-corrected chi connectivity index (χ2v) is 8.10. The van der Waals surface area contributed by atoms with Crippen molar-refractivity contribution < 1.29 is 26.4 Å². The standard InChI is InChI=1S/C17H11F3N2O3S2/c18-12-5-1-10(2-6-12)14-9-26-17(21-14)22-15(23)11-3-7-13(8-4-11)27(24,25)16(19)20/h1-9,16H,(H,21,22,23). The van der Waals surface area contributed by atoms with Crippen LogP contribution in [0.2, 0.25) is 0 Å². The maximum atomic E-state index is 13.0. The first-order chi connectivity index (χ1) is 12.8. The molecule has 0 aliphatic heterocycles. The van der Waals surface area contributed by atoms with Gasteiger partial charge in [0.05, 0.1) is 10.6 Å². The fourth-order valence-corrected chi connectivity index (χ4v) is 3.59. The summed E-state index contributed by atoms with van der Waals surface area (Å²) in [5, 5.41) is 4.50. The monoisotopic (exact) mass is 412 g/mol. The fourth-order valence-electron chi connectivity index (χ4n) is 2.15. The number of benzene rings is 2. The molecule has 0 unspecified atom stereocenters. The Morgan fingerprint density at radius 2 is 1.67 bits per heavy atom. The Labute approximate surface area is 156 Å². The smallest absolute Gasteiger partial charge is 0.298 e. The third-order valence-corrected chi connectivity index (χ3v) is 5.70. The molecule has 3 aromatic rings. The number of carbonyl (C=O) groups excluding carboxylic acids is 1. The zero-order valence-corrected chi connectivity index (χ0v) is 15.0. The van der Waals surface area contributed by atoms with Gasteiger partial charge in [-0.2, -0.15) is 8.78 Å². The minimum atomic E-state index is -4.71. The largest absolute Gasteiger partial charge is 0.341 e. The van der Waals surface area contributed by atoms with E-state index in [1.807, 2.05) is 0 Å². The summed E-state index contributed by atoms with van der Waals surface area (Å²) in [5.41, 5.74) is 1.31. The van der Waals surface area contributed by atoms with Crippen molar-refractivity contribution in [3.8, 4) is 11.3 Å². The van der Waals surface area contributed by atoms with Crippen LogP contribution in [-0.2, 0) is 9.84 Å². The summed E-state index contributed by atoms with van der Waals surface area (Å²) in [6.45, 7) is 0. The Bertz CT molecular complexity index is 1060. The van der Waals surface area contributed by atoms with E-state index >= 15 is 0 Å². The Hall–Kier alpha value is -2.72. The summed E-state index contributed by atoms with van der Waals surface area (Å²) in [4.78, 5) is 15.9. The number of nitrogens with one attached hydrogen (secondary N) is 1. The number of halogens is 3. The van der Waals surface area contributed by atoms with E-state index in [0.717, 1.165) is 35.6 Å². The molecule has 0 radical (unpaired) electrons. The van der Waals surface area contributed by atoms with Crippen LogP contribution in [0, 0.1) is 5.82 Å². The molecule has 0 spiro atoms. The van der Waals surface area contributed by atoms with Crippen molar-refractivity contribution in [2.45, 2.75) is 10.7 Å². The molecule has 27 heavy (non-hydrogen) atoms. The van der Waals surface area contributed by atoms with Crippen molar-refractivity contribution in [3.05, 3.63) is 65.3 Å². The van der Waals surface area contributed by atoms with Crippen molar-refractivity contribution >= 4 is 32.2 Å². The Balaban J connectivity index is 1.73. The van der Waals surface area contributed by atoms with Gasteiger partial charge in [-0.15, -0.1) is 11.3 Å². The molecule has 0 saturated carbocycles. The Morgan fingerprint density at radius 1 is 1.04 bits per heavy atom. The van der Waals surface area contributed by atoms with Gasteiger partial charge in [-0.1, -0.05) is 0 Å². The molecule has 1 heterocycles. The second-order valence-electron chi connectivity index (χ2n) is 5.33. The second kappa shape index (κ2) is 7.49. The Kier molecular flexibility index (Phi) is 5.29.